The van der Waals surface area contributed by atoms with Gasteiger partial charge in [-0.2, -0.15) is 0 Å². The second-order valence-electron chi connectivity index (χ2n) is 7.47. The highest BCUT2D eigenvalue weighted by molar-refractivity contribution is 7.99. The molecule has 7 heteroatoms. The molecular formula is C18H25N3O2S2. The number of nitrogens with zero attached hydrogens (tertiary/aromatic N) is 2. The Kier molecular flexibility index (Phi) is 5.25. The quantitative estimate of drug-likeness (QED) is 0.490. The van der Waals surface area contributed by atoms with Crippen LogP contribution in [-0.4, -0.2) is 28.3 Å². The molecule has 1 aliphatic rings. The van der Waals surface area contributed by atoms with Gasteiger partial charge < -0.3 is 10.5 Å². The number of anilines is 1. The number of hydrogen-bond acceptors (Lipinski definition) is 7. The lowest BCUT2D eigenvalue weighted by molar-refractivity contribution is -0.139. The van der Waals surface area contributed by atoms with E-state index in [0.29, 0.717) is 28.9 Å². The molecule has 136 valence electrons. The maximum absolute atomic E-state index is 11.5. The number of rotatable bonds is 4. The summed E-state index contributed by atoms with van der Waals surface area (Å²) in [4.78, 5) is 22.9. The van der Waals surface area contributed by atoms with Crippen LogP contribution in [0.5, 0.6) is 0 Å². The molecule has 0 saturated heterocycles. The third-order valence-electron chi connectivity index (χ3n) is 4.77. The summed E-state index contributed by atoms with van der Waals surface area (Å²) < 4.78 is 4.95. The van der Waals surface area contributed by atoms with Crippen LogP contribution in [-0.2, 0) is 22.4 Å². The van der Waals surface area contributed by atoms with Crippen LogP contribution in [0.3, 0.4) is 0 Å². The molecule has 1 atom stereocenters. The van der Waals surface area contributed by atoms with Gasteiger partial charge in [0.25, 0.3) is 0 Å². The number of nitrogens with two attached hydrogens (primary N) is 1. The van der Waals surface area contributed by atoms with E-state index in [1.807, 2.05) is 0 Å². The smallest absolute Gasteiger partial charge is 0.316 e. The van der Waals surface area contributed by atoms with E-state index in [2.05, 4.69) is 30.7 Å². The number of ether oxygens (including phenoxy) is 1. The SMILES string of the molecule is CCOC(=O)CSc1nc(N)c2c3c(sc2n1)CC(C(C)(C)C)CC3. The van der Waals surface area contributed by atoms with Gasteiger partial charge in [0, 0.05) is 4.88 Å². The van der Waals surface area contributed by atoms with Crippen molar-refractivity contribution in [1.29, 1.82) is 0 Å². The van der Waals surface area contributed by atoms with Crippen LogP contribution >= 0.6 is 23.1 Å². The van der Waals surface area contributed by atoms with Gasteiger partial charge in [-0.05, 0) is 43.1 Å². The number of nitrogen functional groups attached to an aromatic ring is 1. The number of esters is 1. The Morgan fingerprint density at radius 3 is 2.84 bits per heavy atom. The van der Waals surface area contributed by atoms with Crippen molar-refractivity contribution < 1.29 is 9.53 Å². The highest BCUT2D eigenvalue weighted by Gasteiger charge is 2.31. The minimum Gasteiger partial charge on any atom is -0.465 e. The number of aromatic nitrogens is 2. The monoisotopic (exact) mass is 379 g/mol. The van der Waals surface area contributed by atoms with E-state index in [-0.39, 0.29) is 11.7 Å². The van der Waals surface area contributed by atoms with Crippen LogP contribution < -0.4 is 5.73 Å². The van der Waals surface area contributed by atoms with E-state index in [4.69, 9.17) is 10.5 Å². The molecule has 0 aromatic carbocycles. The summed E-state index contributed by atoms with van der Waals surface area (Å²) in [5, 5.41) is 1.57. The molecule has 5 nitrogen and oxygen atoms in total. The van der Waals surface area contributed by atoms with Gasteiger partial charge in [0.2, 0.25) is 0 Å². The van der Waals surface area contributed by atoms with Gasteiger partial charge in [-0.25, -0.2) is 9.97 Å². The second-order valence-corrected chi connectivity index (χ2v) is 9.50. The lowest BCUT2D eigenvalue weighted by Crippen LogP contribution is -2.26. The van der Waals surface area contributed by atoms with E-state index >= 15 is 0 Å². The second kappa shape index (κ2) is 7.11. The number of carbonyl (C=O) groups is 1. The number of fused-ring (bicyclic) bond motifs is 3. The molecule has 2 heterocycles. The molecule has 2 N–H and O–H groups in total. The van der Waals surface area contributed by atoms with Crippen LogP contribution in [0.2, 0.25) is 0 Å². The molecule has 0 spiro atoms. The molecule has 0 radical (unpaired) electrons. The van der Waals surface area contributed by atoms with E-state index in [1.165, 1.54) is 28.6 Å². The van der Waals surface area contributed by atoms with Crippen molar-refractivity contribution in [2.75, 3.05) is 18.1 Å². The van der Waals surface area contributed by atoms with Gasteiger partial charge in [-0.15, -0.1) is 11.3 Å². The lowest BCUT2D eigenvalue weighted by Gasteiger charge is -2.33. The van der Waals surface area contributed by atoms with Crippen molar-refractivity contribution in [1.82, 2.24) is 9.97 Å². The lowest BCUT2D eigenvalue weighted by atomic mass is 9.72. The largest absolute Gasteiger partial charge is 0.465 e. The number of carbonyl (C=O) groups excluding carboxylic acids is 1. The maximum Gasteiger partial charge on any atom is 0.316 e. The molecule has 0 aliphatic heterocycles. The molecule has 3 rings (SSSR count). The summed E-state index contributed by atoms with van der Waals surface area (Å²) in [6, 6.07) is 0. The molecule has 0 bridgehead atoms. The summed E-state index contributed by atoms with van der Waals surface area (Å²) in [6.07, 6.45) is 3.31. The Balaban J connectivity index is 1.86. The predicted molar refractivity (Wildman–Crippen MR) is 104 cm³/mol. The first-order chi connectivity index (χ1) is 11.8. The summed E-state index contributed by atoms with van der Waals surface area (Å²) >= 11 is 3.01. The number of aryl methyl sites for hydroxylation is 1. The van der Waals surface area contributed by atoms with Gasteiger partial charge in [0.15, 0.2) is 5.16 Å². The van der Waals surface area contributed by atoms with E-state index in [0.717, 1.165) is 23.1 Å². The fourth-order valence-electron chi connectivity index (χ4n) is 3.32. The Bertz CT molecular complexity index is 796. The molecule has 2 aromatic rings. The van der Waals surface area contributed by atoms with Crippen molar-refractivity contribution in [2.45, 2.75) is 52.1 Å². The molecule has 1 aliphatic carbocycles. The molecule has 0 fully saturated rings. The van der Waals surface area contributed by atoms with Crippen molar-refractivity contribution >= 4 is 45.1 Å². The highest BCUT2D eigenvalue weighted by atomic mass is 32.2. The number of thioether (sulfide) groups is 1. The minimum absolute atomic E-state index is 0.204. The summed E-state index contributed by atoms with van der Waals surface area (Å²) in [5.74, 6) is 1.16. The normalized spacial score (nSPS) is 17.5. The first kappa shape index (κ1) is 18.5. The zero-order valence-corrected chi connectivity index (χ0v) is 16.9. The van der Waals surface area contributed by atoms with Crippen LogP contribution in [0.1, 0.15) is 44.6 Å². The van der Waals surface area contributed by atoms with Crippen LogP contribution in [0.15, 0.2) is 5.16 Å². The van der Waals surface area contributed by atoms with Gasteiger partial charge in [-0.1, -0.05) is 32.5 Å². The fraction of sp³-hybridized carbons (Fsp3) is 0.611. The molecule has 1 unspecified atom stereocenters. The first-order valence-electron chi connectivity index (χ1n) is 8.65. The van der Waals surface area contributed by atoms with E-state index < -0.39 is 0 Å². The molecule has 2 aromatic heterocycles. The van der Waals surface area contributed by atoms with Gasteiger partial charge in [-0.3, -0.25) is 4.79 Å². The number of thiophene rings is 1. The third kappa shape index (κ3) is 3.92. The third-order valence-corrected chi connectivity index (χ3v) is 6.73. The summed E-state index contributed by atoms with van der Waals surface area (Å²) in [7, 11) is 0. The average Bonchev–Trinajstić information content (AvgIpc) is 2.90. The molecular weight excluding hydrogens is 354 g/mol. The average molecular weight is 380 g/mol. The Labute approximate surface area is 156 Å². The van der Waals surface area contributed by atoms with Gasteiger partial charge in [0.05, 0.1) is 17.7 Å². The van der Waals surface area contributed by atoms with Gasteiger partial charge in [0.1, 0.15) is 10.6 Å². The van der Waals surface area contributed by atoms with Crippen LogP contribution in [0.4, 0.5) is 5.82 Å². The molecule has 0 amide bonds. The van der Waals surface area contributed by atoms with Gasteiger partial charge >= 0.3 is 5.97 Å². The Hall–Kier alpha value is -1.34. The maximum atomic E-state index is 11.5. The van der Waals surface area contributed by atoms with E-state index in [9.17, 15) is 4.79 Å². The van der Waals surface area contributed by atoms with Crippen molar-refractivity contribution in [2.24, 2.45) is 11.3 Å². The Morgan fingerprint density at radius 2 is 2.16 bits per heavy atom. The van der Waals surface area contributed by atoms with Crippen LogP contribution in [0.25, 0.3) is 10.2 Å². The molecule has 0 saturated carbocycles. The predicted octanol–water partition coefficient (Wildman–Crippen LogP) is 4.08. The zero-order chi connectivity index (χ0) is 18.2. The fourth-order valence-corrected chi connectivity index (χ4v) is 5.33. The van der Waals surface area contributed by atoms with Crippen molar-refractivity contribution in [3.63, 3.8) is 0 Å². The topological polar surface area (TPSA) is 78.1 Å². The highest BCUT2D eigenvalue weighted by Crippen LogP contribution is 2.44. The van der Waals surface area contributed by atoms with E-state index in [1.54, 1.807) is 18.3 Å². The zero-order valence-electron chi connectivity index (χ0n) is 15.2. The number of hydrogen-bond donors (Lipinski definition) is 1. The Morgan fingerprint density at radius 1 is 1.40 bits per heavy atom. The standard InChI is InChI=1S/C18H25N3O2S2/c1-5-23-13(22)9-24-17-20-15(19)14-11-7-6-10(18(2,3)4)8-12(11)25-16(14)21-17/h10H,5-9H2,1-4H3,(H2,19,20,21). The summed E-state index contributed by atoms with van der Waals surface area (Å²) in [6.45, 7) is 9.12. The van der Waals surface area contributed by atoms with Crippen molar-refractivity contribution in [3.8, 4) is 0 Å². The first-order valence-corrected chi connectivity index (χ1v) is 10.5. The molecule has 25 heavy (non-hydrogen) atoms. The van der Waals surface area contributed by atoms with Crippen molar-refractivity contribution in [3.05, 3.63) is 10.4 Å². The minimum atomic E-state index is -0.256. The summed E-state index contributed by atoms with van der Waals surface area (Å²) in [5.41, 5.74) is 7.88. The van der Waals surface area contributed by atoms with Crippen LogP contribution in [0, 0.1) is 11.3 Å².